The summed E-state index contributed by atoms with van der Waals surface area (Å²) in [6.07, 6.45) is 9.81. The fourth-order valence-corrected chi connectivity index (χ4v) is 2.27. The van der Waals surface area contributed by atoms with Gasteiger partial charge in [-0.15, -0.1) is 0 Å². The van der Waals surface area contributed by atoms with Crippen molar-refractivity contribution in [2.75, 3.05) is 0 Å². The summed E-state index contributed by atoms with van der Waals surface area (Å²) >= 11 is 0. The SMILES string of the molecule is C=C(/C=C/C1(O)C=C(c2ccccc2)C1)CCCC. The molecule has 2 rings (SSSR count). The van der Waals surface area contributed by atoms with Crippen LogP contribution in [0.25, 0.3) is 5.57 Å². The monoisotopic (exact) mass is 254 g/mol. The summed E-state index contributed by atoms with van der Waals surface area (Å²) in [6, 6.07) is 10.2. The summed E-state index contributed by atoms with van der Waals surface area (Å²) in [5.74, 6) is 0. The number of unbranched alkanes of at least 4 members (excludes halogenated alkanes) is 1. The standard InChI is InChI=1S/C18H22O/c1-3-4-8-15(2)11-12-18(19)13-17(14-18)16-9-6-5-7-10-16/h5-7,9-13,19H,2-4,8,14H2,1H3/b12-11+. The zero-order chi connectivity index (χ0) is 13.7. The van der Waals surface area contributed by atoms with Gasteiger partial charge in [-0.1, -0.05) is 61.9 Å². The highest BCUT2D eigenvalue weighted by Gasteiger charge is 2.32. The fourth-order valence-electron chi connectivity index (χ4n) is 2.27. The highest BCUT2D eigenvalue weighted by Crippen LogP contribution is 2.38. The second kappa shape index (κ2) is 6.03. The van der Waals surface area contributed by atoms with E-state index in [4.69, 9.17) is 0 Å². The van der Waals surface area contributed by atoms with Crippen molar-refractivity contribution in [3.8, 4) is 0 Å². The van der Waals surface area contributed by atoms with Gasteiger partial charge in [0.15, 0.2) is 0 Å². The molecule has 1 aliphatic carbocycles. The third-order valence-electron chi connectivity index (χ3n) is 3.50. The Bertz CT molecular complexity index is 496. The maximum absolute atomic E-state index is 10.3. The Kier molecular flexibility index (Phi) is 4.39. The summed E-state index contributed by atoms with van der Waals surface area (Å²) in [4.78, 5) is 0. The molecule has 1 aliphatic rings. The minimum atomic E-state index is -0.777. The minimum Gasteiger partial charge on any atom is -0.381 e. The van der Waals surface area contributed by atoms with Gasteiger partial charge in [-0.2, -0.15) is 0 Å². The Morgan fingerprint density at radius 3 is 2.68 bits per heavy atom. The van der Waals surface area contributed by atoms with E-state index in [0.717, 1.165) is 18.4 Å². The molecule has 1 heteroatoms. The first-order valence-corrected chi connectivity index (χ1v) is 6.99. The van der Waals surface area contributed by atoms with Crippen LogP contribution in [-0.2, 0) is 0 Å². The van der Waals surface area contributed by atoms with Crippen LogP contribution in [0.5, 0.6) is 0 Å². The molecule has 0 fully saturated rings. The molecule has 0 aliphatic heterocycles. The maximum Gasteiger partial charge on any atom is 0.106 e. The van der Waals surface area contributed by atoms with Gasteiger partial charge < -0.3 is 5.11 Å². The van der Waals surface area contributed by atoms with Gasteiger partial charge in [0.2, 0.25) is 0 Å². The Morgan fingerprint density at radius 1 is 1.37 bits per heavy atom. The Morgan fingerprint density at radius 2 is 2.05 bits per heavy atom. The lowest BCUT2D eigenvalue weighted by atomic mass is 9.78. The molecule has 1 aromatic rings. The number of aliphatic hydroxyl groups is 1. The van der Waals surface area contributed by atoms with Crippen LogP contribution in [0.2, 0.25) is 0 Å². The third-order valence-corrected chi connectivity index (χ3v) is 3.50. The number of hydrogen-bond acceptors (Lipinski definition) is 1. The van der Waals surface area contributed by atoms with Crippen molar-refractivity contribution in [2.45, 2.75) is 38.2 Å². The van der Waals surface area contributed by atoms with Gasteiger partial charge in [-0.05, 0) is 36.1 Å². The zero-order valence-electron chi connectivity index (χ0n) is 11.6. The van der Waals surface area contributed by atoms with E-state index >= 15 is 0 Å². The second-order valence-electron chi connectivity index (χ2n) is 5.30. The maximum atomic E-state index is 10.3. The topological polar surface area (TPSA) is 20.2 Å². The smallest absolute Gasteiger partial charge is 0.106 e. The molecule has 0 amide bonds. The lowest BCUT2D eigenvalue weighted by Gasteiger charge is -2.32. The van der Waals surface area contributed by atoms with E-state index in [9.17, 15) is 5.11 Å². The Balaban J connectivity index is 1.95. The normalized spacial score (nSPS) is 22.1. The molecule has 0 spiro atoms. The molecule has 100 valence electrons. The largest absolute Gasteiger partial charge is 0.381 e. The van der Waals surface area contributed by atoms with E-state index in [2.05, 4.69) is 25.6 Å². The average Bonchev–Trinajstić information content (AvgIpc) is 2.40. The summed E-state index contributed by atoms with van der Waals surface area (Å²) in [7, 11) is 0. The van der Waals surface area contributed by atoms with Crippen LogP contribution in [-0.4, -0.2) is 10.7 Å². The van der Waals surface area contributed by atoms with Gasteiger partial charge in [-0.3, -0.25) is 0 Å². The average molecular weight is 254 g/mol. The molecule has 0 aromatic heterocycles. The van der Waals surface area contributed by atoms with Gasteiger partial charge >= 0.3 is 0 Å². The number of hydrogen-bond donors (Lipinski definition) is 1. The zero-order valence-corrected chi connectivity index (χ0v) is 11.6. The molecule has 1 aromatic carbocycles. The number of rotatable bonds is 6. The van der Waals surface area contributed by atoms with Gasteiger partial charge in [0.05, 0.1) is 0 Å². The van der Waals surface area contributed by atoms with Crippen LogP contribution in [0.1, 0.15) is 38.2 Å². The van der Waals surface area contributed by atoms with Crippen LogP contribution in [0, 0.1) is 0 Å². The van der Waals surface area contributed by atoms with Gasteiger partial charge in [-0.25, -0.2) is 0 Å². The van der Waals surface area contributed by atoms with E-state index in [1.165, 1.54) is 17.6 Å². The molecule has 0 heterocycles. The van der Waals surface area contributed by atoms with E-state index < -0.39 is 5.60 Å². The van der Waals surface area contributed by atoms with Gasteiger partial charge in [0.25, 0.3) is 0 Å². The summed E-state index contributed by atoms with van der Waals surface area (Å²) in [6.45, 7) is 6.18. The first-order valence-electron chi connectivity index (χ1n) is 6.99. The lowest BCUT2D eigenvalue weighted by molar-refractivity contribution is 0.134. The van der Waals surface area contributed by atoms with Gasteiger partial charge in [0, 0.05) is 6.42 Å². The van der Waals surface area contributed by atoms with E-state index in [1.807, 2.05) is 36.4 Å². The molecule has 1 unspecified atom stereocenters. The Hall–Kier alpha value is -1.60. The fraction of sp³-hybridized carbons (Fsp3) is 0.333. The first-order chi connectivity index (χ1) is 9.13. The van der Waals surface area contributed by atoms with Gasteiger partial charge in [0.1, 0.15) is 5.60 Å². The minimum absolute atomic E-state index is 0.689. The predicted octanol–water partition coefficient (Wildman–Crippen LogP) is 4.51. The molecule has 1 nitrogen and oxygen atoms in total. The molecule has 0 saturated heterocycles. The summed E-state index contributed by atoms with van der Waals surface area (Å²) in [5, 5.41) is 10.3. The van der Waals surface area contributed by atoms with Crippen molar-refractivity contribution in [1.29, 1.82) is 0 Å². The van der Waals surface area contributed by atoms with Crippen molar-refractivity contribution in [3.63, 3.8) is 0 Å². The van der Waals surface area contributed by atoms with Crippen molar-refractivity contribution >= 4 is 5.57 Å². The molecule has 1 N–H and O–H groups in total. The highest BCUT2D eigenvalue weighted by atomic mass is 16.3. The van der Waals surface area contributed by atoms with Crippen molar-refractivity contribution < 1.29 is 5.11 Å². The van der Waals surface area contributed by atoms with E-state index in [0.29, 0.717) is 6.42 Å². The molecule has 19 heavy (non-hydrogen) atoms. The van der Waals surface area contributed by atoms with Crippen LogP contribution in [0.3, 0.4) is 0 Å². The molecule has 0 radical (unpaired) electrons. The highest BCUT2D eigenvalue weighted by molar-refractivity contribution is 5.74. The van der Waals surface area contributed by atoms with Crippen LogP contribution < -0.4 is 0 Å². The van der Waals surface area contributed by atoms with E-state index in [1.54, 1.807) is 0 Å². The molecular weight excluding hydrogens is 232 g/mol. The summed E-state index contributed by atoms with van der Waals surface area (Å²) < 4.78 is 0. The summed E-state index contributed by atoms with van der Waals surface area (Å²) in [5.41, 5.74) is 2.73. The molecule has 0 bridgehead atoms. The van der Waals surface area contributed by atoms with Crippen molar-refractivity contribution in [2.24, 2.45) is 0 Å². The van der Waals surface area contributed by atoms with Crippen molar-refractivity contribution in [1.82, 2.24) is 0 Å². The molecular formula is C18H22O. The molecule has 1 atom stereocenters. The molecule has 0 saturated carbocycles. The quantitative estimate of drug-likeness (QED) is 0.741. The van der Waals surface area contributed by atoms with Crippen LogP contribution >= 0.6 is 0 Å². The van der Waals surface area contributed by atoms with E-state index in [-0.39, 0.29) is 0 Å². The lowest BCUT2D eigenvalue weighted by Crippen LogP contribution is -2.31. The predicted molar refractivity (Wildman–Crippen MR) is 81.8 cm³/mol. The first kappa shape index (κ1) is 13.8. The second-order valence-corrected chi connectivity index (χ2v) is 5.30. The van der Waals surface area contributed by atoms with Crippen LogP contribution in [0.15, 0.2) is 60.7 Å². The third kappa shape index (κ3) is 3.68. The number of benzene rings is 1. The number of allylic oxidation sites excluding steroid dienone is 2. The van der Waals surface area contributed by atoms with Crippen molar-refractivity contribution in [3.05, 3.63) is 66.3 Å². The van der Waals surface area contributed by atoms with Crippen LogP contribution in [0.4, 0.5) is 0 Å². The Labute approximate surface area is 116 Å².